The van der Waals surface area contributed by atoms with Crippen LogP contribution in [-0.2, 0) is 12.1 Å². The Labute approximate surface area is 208 Å². The van der Waals surface area contributed by atoms with Gasteiger partial charge in [-0.15, -0.1) is 0 Å². The van der Waals surface area contributed by atoms with Crippen LogP contribution in [0.3, 0.4) is 0 Å². The molecular weight excluding hydrogens is 462 g/mol. The molecule has 36 heavy (non-hydrogen) atoms. The van der Waals surface area contributed by atoms with Crippen LogP contribution in [0.25, 0.3) is 16.8 Å². The van der Waals surface area contributed by atoms with Crippen LogP contribution in [0.4, 0.5) is 14.6 Å². The molecule has 0 unspecified atom stereocenters. The Morgan fingerprint density at radius 1 is 1.03 bits per heavy atom. The third-order valence-corrected chi connectivity index (χ3v) is 7.37. The average molecular weight is 491 g/mol. The highest BCUT2D eigenvalue weighted by Gasteiger charge is 2.41. The number of nitrogens with zero attached hydrogens (tertiary/aromatic N) is 7. The van der Waals surface area contributed by atoms with Gasteiger partial charge in [0.1, 0.15) is 23.3 Å². The lowest BCUT2D eigenvalue weighted by Gasteiger charge is -2.37. The van der Waals surface area contributed by atoms with E-state index in [1.165, 1.54) is 12.1 Å². The van der Waals surface area contributed by atoms with Crippen molar-refractivity contribution in [3.63, 3.8) is 0 Å². The van der Waals surface area contributed by atoms with Crippen LogP contribution in [0, 0.1) is 11.6 Å². The summed E-state index contributed by atoms with van der Waals surface area (Å²) in [6.07, 6.45) is 8.80. The van der Waals surface area contributed by atoms with Gasteiger partial charge >= 0.3 is 0 Å². The zero-order chi connectivity index (χ0) is 24.7. The predicted molar refractivity (Wildman–Crippen MR) is 132 cm³/mol. The van der Waals surface area contributed by atoms with Gasteiger partial charge in [0.25, 0.3) is 0 Å². The molecular formula is C26H28F2N8. The molecule has 10 heteroatoms. The van der Waals surface area contributed by atoms with Crippen molar-refractivity contribution in [3.8, 4) is 11.1 Å². The number of rotatable bonds is 5. The Kier molecular flexibility index (Phi) is 5.85. The highest BCUT2D eigenvalue weighted by atomic mass is 19.1. The van der Waals surface area contributed by atoms with Crippen LogP contribution < -0.4 is 10.2 Å². The summed E-state index contributed by atoms with van der Waals surface area (Å²) in [5.41, 5.74) is 1.97. The molecule has 1 aromatic carbocycles. The fourth-order valence-electron chi connectivity index (χ4n) is 5.38. The number of fused-ring (bicyclic) bond motifs is 1. The Bertz CT molecular complexity index is 1380. The molecule has 1 atom stereocenters. The highest BCUT2D eigenvalue weighted by Crippen LogP contribution is 2.42. The van der Waals surface area contributed by atoms with Gasteiger partial charge in [-0.25, -0.2) is 28.2 Å². The number of halogens is 2. The van der Waals surface area contributed by atoms with Crippen molar-refractivity contribution in [2.75, 3.05) is 37.6 Å². The van der Waals surface area contributed by atoms with Crippen molar-refractivity contribution in [2.24, 2.45) is 0 Å². The minimum atomic E-state index is -0.702. The molecule has 0 saturated carbocycles. The van der Waals surface area contributed by atoms with Gasteiger partial charge in [-0.05, 0) is 44.0 Å². The van der Waals surface area contributed by atoms with Crippen LogP contribution in [0.5, 0.6) is 0 Å². The van der Waals surface area contributed by atoms with Crippen LogP contribution in [0.15, 0.2) is 49.1 Å². The maximum absolute atomic E-state index is 14.8. The molecule has 2 aliphatic heterocycles. The van der Waals surface area contributed by atoms with Crippen LogP contribution >= 0.6 is 0 Å². The van der Waals surface area contributed by atoms with Crippen molar-refractivity contribution in [3.05, 3.63) is 72.1 Å². The molecule has 5 heterocycles. The molecule has 0 radical (unpaired) electrons. The lowest BCUT2D eigenvalue weighted by Crippen LogP contribution is -2.43. The molecule has 2 fully saturated rings. The van der Waals surface area contributed by atoms with Gasteiger partial charge in [0.2, 0.25) is 0 Å². The second-order valence-electron chi connectivity index (χ2n) is 9.68. The van der Waals surface area contributed by atoms with Gasteiger partial charge < -0.3 is 10.2 Å². The molecule has 0 spiro atoms. The summed E-state index contributed by atoms with van der Waals surface area (Å²) >= 11 is 0. The maximum Gasteiger partial charge on any atom is 0.165 e. The summed E-state index contributed by atoms with van der Waals surface area (Å²) in [5.74, 6) is 0.635. The normalized spacial score (nSPS) is 20.9. The zero-order valence-electron chi connectivity index (χ0n) is 20.2. The van der Waals surface area contributed by atoms with Crippen molar-refractivity contribution < 1.29 is 8.78 Å². The maximum atomic E-state index is 14.8. The first kappa shape index (κ1) is 22.9. The summed E-state index contributed by atoms with van der Waals surface area (Å²) in [7, 11) is 0. The van der Waals surface area contributed by atoms with Crippen molar-refractivity contribution in [1.82, 2.24) is 34.8 Å². The smallest absolute Gasteiger partial charge is 0.165 e. The Morgan fingerprint density at radius 3 is 2.64 bits per heavy atom. The number of anilines is 1. The van der Waals surface area contributed by atoms with E-state index in [4.69, 9.17) is 4.98 Å². The molecule has 2 saturated heterocycles. The van der Waals surface area contributed by atoms with Gasteiger partial charge in [-0.1, -0.05) is 0 Å². The first-order valence-electron chi connectivity index (χ1n) is 12.3. The molecule has 0 bridgehead atoms. The fourth-order valence-corrected chi connectivity index (χ4v) is 5.38. The summed E-state index contributed by atoms with van der Waals surface area (Å²) < 4.78 is 30.5. The van der Waals surface area contributed by atoms with Crippen LogP contribution in [0.1, 0.15) is 31.2 Å². The van der Waals surface area contributed by atoms with E-state index >= 15 is 0 Å². The first-order chi connectivity index (χ1) is 17.5. The minimum Gasteiger partial charge on any atom is -0.347 e. The summed E-state index contributed by atoms with van der Waals surface area (Å²) in [4.78, 5) is 18.5. The third-order valence-electron chi connectivity index (χ3n) is 7.37. The van der Waals surface area contributed by atoms with Crippen molar-refractivity contribution >= 4 is 11.5 Å². The monoisotopic (exact) mass is 490 g/mol. The van der Waals surface area contributed by atoms with E-state index in [9.17, 15) is 8.78 Å². The van der Waals surface area contributed by atoms with E-state index in [2.05, 4.69) is 30.2 Å². The molecule has 0 aliphatic carbocycles. The standard InChI is InChI=1S/C26H28F2N8/c1-26(21-13-19(27)3-4-22(21)28)6-2-9-35(26)24-5-10-36-25(33-24)20(16-32-36)18-14-30-23(31-15-18)17-34-11-7-29-8-12-34/h3-5,10,13-16,29H,2,6-9,11-12,17H2,1H3/t26-/m1/s1. The van der Waals surface area contributed by atoms with Crippen LogP contribution in [0.2, 0.25) is 0 Å². The molecule has 4 aromatic rings. The Hall–Kier alpha value is -3.50. The SMILES string of the molecule is C[C@]1(c2cc(F)ccc2F)CCCN1c1ccn2ncc(-c3cnc(CN4CCNCC4)nc3)c2n1. The molecule has 2 aliphatic rings. The lowest BCUT2D eigenvalue weighted by atomic mass is 9.88. The van der Waals surface area contributed by atoms with E-state index in [-0.39, 0.29) is 0 Å². The summed E-state index contributed by atoms with van der Waals surface area (Å²) in [6, 6.07) is 5.53. The number of piperazine rings is 1. The predicted octanol–water partition coefficient (Wildman–Crippen LogP) is 3.39. The Balaban J connectivity index is 1.31. The van der Waals surface area contributed by atoms with E-state index in [1.807, 2.05) is 31.6 Å². The largest absolute Gasteiger partial charge is 0.347 e. The molecule has 0 amide bonds. The molecule has 6 rings (SSSR count). The van der Waals surface area contributed by atoms with Crippen molar-refractivity contribution in [2.45, 2.75) is 31.8 Å². The van der Waals surface area contributed by atoms with Crippen molar-refractivity contribution in [1.29, 1.82) is 0 Å². The second kappa shape index (κ2) is 9.18. The number of benzene rings is 1. The van der Waals surface area contributed by atoms with Gasteiger partial charge in [0.15, 0.2) is 5.65 Å². The average Bonchev–Trinajstić information content (AvgIpc) is 3.50. The highest BCUT2D eigenvalue weighted by molar-refractivity contribution is 5.77. The fraction of sp³-hybridized carbons (Fsp3) is 0.385. The van der Waals surface area contributed by atoms with Gasteiger partial charge in [-0.3, -0.25) is 4.90 Å². The van der Waals surface area contributed by atoms with Gasteiger partial charge in [0, 0.05) is 68.0 Å². The van der Waals surface area contributed by atoms with Crippen LogP contribution in [-0.4, -0.2) is 62.2 Å². The Morgan fingerprint density at radius 2 is 1.83 bits per heavy atom. The minimum absolute atomic E-state index is 0.351. The molecule has 186 valence electrons. The number of hydrogen-bond acceptors (Lipinski definition) is 7. The first-order valence-corrected chi connectivity index (χ1v) is 12.3. The van der Waals surface area contributed by atoms with Gasteiger partial charge in [-0.2, -0.15) is 5.10 Å². The summed E-state index contributed by atoms with van der Waals surface area (Å²) in [6.45, 7) is 7.31. The van der Waals surface area contributed by atoms with E-state index in [1.54, 1.807) is 10.7 Å². The van der Waals surface area contributed by atoms with E-state index in [0.717, 1.165) is 62.2 Å². The number of aromatic nitrogens is 5. The number of nitrogens with one attached hydrogen (secondary N) is 1. The van der Waals surface area contributed by atoms with E-state index < -0.39 is 17.2 Å². The molecule has 8 nitrogen and oxygen atoms in total. The third kappa shape index (κ3) is 4.10. The number of hydrogen-bond donors (Lipinski definition) is 1. The molecule has 1 N–H and O–H groups in total. The van der Waals surface area contributed by atoms with Gasteiger partial charge in [0.05, 0.1) is 18.3 Å². The molecule has 3 aromatic heterocycles. The topological polar surface area (TPSA) is 74.5 Å². The lowest BCUT2D eigenvalue weighted by molar-refractivity contribution is 0.228. The van der Waals surface area contributed by atoms with E-state index in [0.29, 0.717) is 30.0 Å². The quantitative estimate of drug-likeness (QED) is 0.460. The summed E-state index contributed by atoms with van der Waals surface area (Å²) in [5, 5.41) is 7.81. The zero-order valence-corrected chi connectivity index (χ0v) is 20.2. The second-order valence-corrected chi connectivity index (χ2v) is 9.68.